The van der Waals surface area contributed by atoms with Gasteiger partial charge >= 0.3 is 0 Å². The zero-order valence-electron chi connectivity index (χ0n) is 10.5. The van der Waals surface area contributed by atoms with E-state index < -0.39 is 9.84 Å². The van der Waals surface area contributed by atoms with Gasteiger partial charge in [-0.1, -0.05) is 12.1 Å². The molecule has 1 atom stereocenters. The fourth-order valence-electron chi connectivity index (χ4n) is 1.47. The number of nitrogens with two attached hydrogens (primary N) is 1. The van der Waals surface area contributed by atoms with Crippen LogP contribution in [0.1, 0.15) is 23.7 Å². The number of carbonyl (C=O) groups excluding carboxylic acids is 1. The lowest BCUT2D eigenvalue weighted by Crippen LogP contribution is -2.34. The largest absolute Gasteiger partial charge is 0.398 e. The fourth-order valence-corrected chi connectivity index (χ4v) is 2.25. The Morgan fingerprint density at radius 2 is 2.00 bits per heavy atom. The molecule has 6 heteroatoms. The molecule has 0 saturated carbocycles. The maximum absolute atomic E-state index is 11.9. The predicted octanol–water partition coefficient (Wildman–Crippen LogP) is 0.822. The number of para-hydroxylation sites is 1. The normalized spacial score (nSPS) is 13.0. The van der Waals surface area contributed by atoms with Crippen molar-refractivity contribution in [1.82, 2.24) is 5.32 Å². The van der Waals surface area contributed by atoms with Gasteiger partial charge in [-0.3, -0.25) is 4.79 Å². The van der Waals surface area contributed by atoms with Crippen molar-refractivity contribution in [2.75, 3.05) is 17.7 Å². The number of anilines is 1. The summed E-state index contributed by atoms with van der Waals surface area (Å²) in [5.74, 6) is -0.229. The number of carbonyl (C=O) groups is 1. The van der Waals surface area contributed by atoms with Gasteiger partial charge in [0.2, 0.25) is 0 Å². The summed E-state index contributed by atoms with van der Waals surface area (Å²) < 4.78 is 22.0. The molecule has 1 aromatic carbocycles. The Bertz CT molecular complexity index is 526. The second-order valence-corrected chi connectivity index (χ2v) is 6.64. The number of benzene rings is 1. The minimum absolute atomic E-state index is 0.0543. The van der Waals surface area contributed by atoms with Crippen LogP contribution in [-0.4, -0.2) is 32.4 Å². The Hall–Kier alpha value is -1.56. The van der Waals surface area contributed by atoms with E-state index in [4.69, 9.17) is 5.73 Å². The van der Waals surface area contributed by atoms with Crippen molar-refractivity contribution in [1.29, 1.82) is 0 Å². The Kier molecular flexibility index (Phi) is 4.72. The van der Waals surface area contributed by atoms with Crippen LogP contribution in [0.4, 0.5) is 5.69 Å². The minimum Gasteiger partial charge on any atom is -0.398 e. The summed E-state index contributed by atoms with van der Waals surface area (Å²) in [6.45, 7) is 1.77. The van der Waals surface area contributed by atoms with E-state index in [1.165, 1.54) is 6.26 Å². The molecule has 0 spiro atoms. The maximum Gasteiger partial charge on any atom is 0.253 e. The van der Waals surface area contributed by atoms with Crippen molar-refractivity contribution in [3.63, 3.8) is 0 Å². The lowest BCUT2D eigenvalue weighted by Gasteiger charge is -2.14. The summed E-state index contributed by atoms with van der Waals surface area (Å²) in [6.07, 6.45) is 1.56. The monoisotopic (exact) mass is 270 g/mol. The molecule has 100 valence electrons. The van der Waals surface area contributed by atoms with Crippen molar-refractivity contribution in [3.8, 4) is 0 Å². The third-order valence-corrected chi connectivity index (χ3v) is 3.48. The zero-order valence-corrected chi connectivity index (χ0v) is 11.3. The molecule has 0 aliphatic heterocycles. The van der Waals surface area contributed by atoms with Gasteiger partial charge in [0.05, 0.1) is 11.3 Å². The molecule has 18 heavy (non-hydrogen) atoms. The zero-order chi connectivity index (χ0) is 13.8. The molecule has 1 unspecified atom stereocenters. The summed E-state index contributed by atoms with van der Waals surface area (Å²) in [5, 5.41) is 2.73. The van der Waals surface area contributed by atoms with E-state index in [-0.39, 0.29) is 17.7 Å². The third kappa shape index (κ3) is 4.75. The van der Waals surface area contributed by atoms with Gasteiger partial charge in [0.25, 0.3) is 5.91 Å². The molecule has 0 aliphatic carbocycles. The van der Waals surface area contributed by atoms with E-state index in [9.17, 15) is 13.2 Å². The molecule has 0 aromatic heterocycles. The molecule has 1 aromatic rings. The second kappa shape index (κ2) is 5.86. The highest BCUT2D eigenvalue weighted by Crippen LogP contribution is 2.10. The first-order chi connectivity index (χ1) is 8.29. The molecule has 0 saturated heterocycles. The molecule has 0 fully saturated rings. The smallest absolute Gasteiger partial charge is 0.253 e. The van der Waals surface area contributed by atoms with Gasteiger partial charge in [-0.2, -0.15) is 0 Å². The fraction of sp³-hybridized carbons (Fsp3) is 0.417. The number of amides is 1. The SMILES string of the molecule is CC(CCS(C)(=O)=O)NC(=O)c1ccccc1N. The molecule has 1 rings (SSSR count). The van der Waals surface area contributed by atoms with Gasteiger partial charge in [0.1, 0.15) is 9.84 Å². The van der Waals surface area contributed by atoms with Crippen molar-refractivity contribution in [2.45, 2.75) is 19.4 Å². The number of hydrogen-bond donors (Lipinski definition) is 2. The number of nitrogen functional groups attached to an aromatic ring is 1. The number of sulfone groups is 1. The number of rotatable bonds is 5. The number of hydrogen-bond acceptors (Lipinski definition) is 4. The van der Waals surface area contributed by atoms with Crippen LogP contribution in [0.2, 0.25) is 0 Å². The number of nitrogens with one attached hydrogen (secondary N) is 1. The van der Waals surface area contributed by atoms with Gasteiger partial charge in [0.15, 0.2) is 0 Å². The quantitative estimate of drug-likeness (QED) is 0.775. The first-order valence-corrected chi connectivity index (χ1v) is 7.69. The standard InChI is InChI=1S/C12H18N2O3S/c1-9(7-8-18(2,16)17)14-12(15)10-5-3-4-6-11(10)13/h3-6,9H,7-8,13H2,1-2H3,(H,14,15). The Balaban J connectivity index is 2.58. The first kappa shape index (κ1) is 14.5. The van der Waals surface area contributed by atoms with E-state index in [1.807, 2.05) is 0 Å². The van der Waals surface area contributed by atoms with E-state index in [1.54, 1.807) is 31.2 Å². The molecule has 5 nitrogen and oxygen atoms in total. The van der Waals surface area contributed by atoms with Crippen LogP contribution < -0.4 is 11.1 Å². The van der Waals surface area contributed by atoms with Gasteiger partial charge < -0.3 is 11.1 Å². The van der Waals surface area contributed by atoms with Crippen LogP contribution in [0.15, 0.2) is 24.3 Å². The molecular formula is C12H18N2O3S. The van der Waals surface area contributed by atoms with Crippen molar-refractivity contribution < 1.29 is 13.2 Å². The van der Waals surface area contributed by atoms with E-state index in [0.29, 0.717) is 17.7 Å². The molecule has 0 bridgehead atoms. The van der Waals surface area contributed by atoms with Crippen LogP contribution in [-0.2, 0) is 9.84 Å². The Morgan fingerprint density at radius 1 is 1.39 bits per heavy atom. The highest BCUT2D eigenvalue weighted by Gasteiger charge is 2.13. The Morgan fingerprint density at radius 3 is 2.56 bits per heavy atom. The summed E-state index contributed by atoms with van der Waals surface area (Å²) in [6, 6.07) is 6.54. The highest BCUT2D eigenvalue weighted by molar-refractivity contribution is 7.90. The summed E-state index contributed by atoms with van der Waals surface area (Å²) in [5.41, 5.74) is 6.50. The van der Waals surface area contributed by atoms with E-state index in [2.05, 4.69) is 5.32 Å². The average Bonchev–Trinajstić information content (AvgIpc) is 2.26. The highest BCUT2D eigenvalue weighted by atomic mass is 32.2. The minimum atomic E-state index is -3.00. The molecule has 3 N–H and O–H groups in total. The van der Waals surface area contributed by atoms with Crippen LogP contribution in [0.3, 0.4) is 0 Å². The maximum atomic E-state index is 11.9. The van der Waals surface area contributed by atoms with Crippen molar-refractivity contribution >= 4 is 21.4 Å². The van der Waals surface area contributed by atoms with Crippen LogP contribution in [0.25, 0.3) is 0 Å². The summed E-state index contributed by atoms with van der Waals surface area (Å²) in [7, 11) is -3.00. The molecule has 0 aliphatic rings. The first-order valence-electron chi connectivity index (χ1n) is 5.62. The molecule has 0 radical (unpaired) electrons. The Labute approximate surface area is 107 Å². The van der Waals surface area contributed by atoms with Gasteiger partial charge in [-0.15, -0.1) is 0 Å². The lowest BCUT2D eigenvalue weighted by atomic mass is 10.1. The van der Waals surface area contributed by atoms with Gasteiger partial charge in [-0.25, -0.2) is 8.42 Å². The predicted molar refractivity (Wildman–Crippen MR) is 72.1 cm³/mol. The molecule has 0 heterocycles. The van der Waals surface area contributed by atoms with Crippen LogP contribution in [0.5, 0.6) is 0 Å². The lowest BCUT2D eigenvalue weighted by molar-refractivity contribution is 0.0940. The summed E-state index contributed by atoms with van der Waals surface area (Å²) in [4.78, 5) is 11.9. The topological polar surface area (TPSA) is 89.3 Å². The van der Waals surface area contributed by atoms with Crippen molar-refractivity contribution in [3.05, 3.63) is 29.8 Å². The summed E-state index contributed by atoms with van der Waals surface area (Å²) >= 11 is 0. The second-order valence-electron chi connectivity index (χ2n) is 4.38. The van der Waals surface area contributed by atoms with Crippen LogP contribution in [0, 0.1) is 0 Å². The molecular weight excluding hydrogens is 252 g/mol. The van der Waals surface area contributed by atoms with Crippen molar-refractivity contribution in [2.24, 2.45) is 0 Å². The van der Waals surface area contributed by atoms with Crippen LogP contribution >= 0.6 is 0 Å². The van der Waals surface area contributed by atoms with Gasteiger partial charge in [0, 0.05) is 18.0 Å². The van der Waals surface area contributed by atoms with E-state index >= 15 is 0 Å². The third-order valence-electron chi connectivity index (χ3n) is 2.50. The molecule has 1 amide bonds. The van der Waals surface area contributed by atoms with E-state index in [0.717, 1.165) is 0 Å². The average molecular weight is 270 g/mol. The van der Waals surface area contributed by atoms with Gasteiger partial charge in [-0.05, 0) is 25.5 Å².